The monoisotopic (exact) mass is 282 g/mol. The van der Waals surface area contributed by atoms with Crippen LogP contribution in [0.2, 0.25) is 0 Å². The summed E-state index contributed by atoms with van der Waals surface area (Å²) >= 11 is 0. The molecule has 3 nitrogen and oxygen atoms in total. The van der Waals surface area contributed by atoms with Crippen molar-refractivity contribution in [2.75, 3.05) is 0 Å². The molecule has 1 aliphatic carbocycles. The van der Waals surface area contributed by atoms with Gasteiger partial charge in [0.15, 0.2) is 6.10 Å². The molecular formula is C15H16F2O3. The second kappa shape index (κ2) is 5.71. The van der Waals surface area contributed by atoms with Crippen molar-refractivity contribution in [3.05, 3.63) is 41.5 Å². The molecule has 0 amide bonds. The number of aliphatic carboxylic acids is 1. The highest BCUT2D eigenvalue weighted by Gasteiger charge is 2.30. The maximum absolute atomic E-state index is 13.0. The van der Waals surface area contributed by atoms with Gasteiger partial charge in [-0.15, -0.1) is 0 Å². The Morgan fingerprint density at radius 2 is 1.95 bits per heavy atom. The lowest BCUT2D eigenvalue weighted by molar-refractivity contribution is -0.146. The van der Waals surface area contributed by atoms with E-state index in [0.717, 1.165) is 11.1 Å². The lowest BCUT2D eigenvalue weighted by atomic mass is 9.91. The van der Waals surface area contributed by atoms with E-state index in [4.69, 9.17) is 5.11 Å². The molecule has 108 valence electrons. The quantitative estimate of drug-likeness (QED) is 0.892. The SMILES string of the molecule is O=C(O)[C@H](O)Cc1ccc(C2=CCC(F)(F)CC2)cc1. The molecule has 0 saturated carbocycles. The van der Waals surface area contributed by atoms with E-state index < -0.39 is 18.0 Å². The topological polar surface area (TPSA) is 57.5 Å². The number of carboxylic acid groups (broad SMARTS) is 1. The zero-order chi connectivity index (χ0) is 14.8. The maximum Gasteiger partial charge on any atom is 0.332 e. The molecule has 5 heteroatoms. The summed E-state index contributed by atoms with van der Waals surface area (Å²) in [5, 5.41) is 17.9. The average molecular weight is 282 g/mol. The van der Waals surface area contributed by atoms with Gasteiger partial charge in [0.2, 0.25) is 0 Å². The summed E-state index contributed by atoms with van der Waals surface area (Å²) in [5.74, 6) is -3.86. The molecule has 2 N–H and O–H groups in total. The van der Waals surface area contributed by atoms with E-state index >= 15 is 0 Å². The largest absolute Gasteiger partial charge is 0.479 e. The second-order valence-corrected chi connectivity index (χ2v) is 5.04. The molecule has 0 saturated heterocycles. The van der Waals surface area contributed by atoms with E-state index in [0.29, 0.717) is 12.0 Å². The fraction of sp³-hybridized carbons (Fsp3) is 0.400. The van der Waals surface area contributed by atoms with Crippen molar-refractivity contribution in [2.24, 2.45) is 0 Å². The first-order valence-electron chi connectivity index (χ1n) is 6.44. The number of carboxylic acids is 1. The molecule has 0 bridgehead atoms. The summed E-state index contributed by atoms with van der Waals surface area (Å²) in [5.41, 5.74) is 2.46. The molecule has 1 aromatic carbocycles. The number of benzene rings is 1. The first-order valence-corrected chi connectivity index (χ1v) is 6.44. The van der Waals surface area contributed by atoms with Gasteiger partial charge in [0.05, 0.1) is 0 Å². The summed E-state index contributed by atoms with van der Waals surface area (Å²) < 4.78 is 26.1. The van der Waals surface area contributed by atoms with Crippen LogP contribution in [0.4, 0.5) is 8.78 Å². The number of allylic oxidation sites excluding steroid dienone is 2. The Hall–Kier alpha value is -1.75. The number of aliphatic hydroxyl groups excluding tert-OH is 1. The molecule has 0 unspecified atom stereocenters. The third kappa shape index (κ3) is 3.63. The molecule has 0 heterocycles. The molecule has 20 heavy (non-hydrogen) atoms. The lowest BCUT2D eigenvalue weighted by Gasteiger charge is -2.21. The fourth-order valence-electron chi connectivity index (χ4n) is 2.22. The van der Waals surface area contributed by atoms with Gasteiger partial charge >= 0.3 is 5.97 Å². The molecule has 0 aliphatic heterocycles. The van der Waals surface area contributed by atoms with Gasteiger partial charge in [-0.1, -0.05) is 30.3 Å². The Morgan fingerprint density at radius 3 is 2.45 bits per heavy atom. The Bertz CT molecular complexity index is 520. The van der Waals surface area contributed by atoms with Crippen molar-refractivity contribution >= 4 is 11.5 Å². The highest BCUT2D eigenvalue weighted by atomic mass is 19.3. The van der Waals surface area contributed by atoms with E-state index in [1.807, 2.05) is 0 Å². The van der Waals surface area contributed by atoms with Crippen molar-refractivity contribution in [1.82, 2.24) is 0 Å². The van der Waals surface area contributed by atoms with Crippen molar-refractivity contribution in [1.29, 1.82) is 0 Å². The zero-order valence-corrected chi connectivity index (χ0v) is 10.9. The number of hydrogen-bond acceptors (Lipinski definition) is 2. The van der Waals surface area contributed by atoms with Crippen LogP contribution in [0.15, 0.2) is 30.3 Å². The van der Waals surface area contributed by atoms with Crippen LogP contribution in [0.25, 0.3) is 5.57 Å². The van der Waals surface area contributed by atoms with Gasteiger partial charge in [-0.25, -0.2) is 13.6 Å². The summed E-state index contributed by atoms with van der Waals surface area (Å²) in [6.07, 6.45) is 0.134. The van der Waals surface area contributed by atoms with Crippen LogP contribution in [0.1, 0.15) is 30.4 Å². The van der Waals surface area contributed by atoms with Crippen molar-refractivity contribution in [3.63, 3.8) is 0 Å². The molecule has 0 spiro atoms. The van der Waals surface area contributed by atoms with Crippen molar-refractivity contribution in [3.8, 4) is 0 Å². The first-order chi connectivity index (χ1) is 9.37. The molecular weight excluding hydrogens is 266 g/mol. The molecule has 0 radical (unpaired) electrons. The summed E-state index contributed by atoms with van der Waals surface area (Å²) in [4.78, 5) is 10.5. The Balaban J connectivity index is 2.05. The number of alkyl halides is 2. The van der Waals surface area contributed by atoms with Gasteiger partial charge in [-0.05, 0) is 23.1 Å². The van der Waals surface area contributed by atoms with E-state index in [1.54, 1.807) is 30.3 Å². The molecule has 1 aliphatic rings. The van der Waals surface area contributed by atoms with Crippen molar-refractivity contribution < 1.29 is 23.8 Å². The standard InChI is InChI=1S/C15H16F2O3/c16-15(17)7-5-12(6-8-15)11-3-1-10(2-4-11)9-13(18)14(19)20/h1-5,13,18H,6-9H2,(H,19,20)/t13-/m1/s1. The molecule has 0 fully saturated rings. The van der Waals surface area contributed by atoms with Crippen LogP contribution in [-0.2, 0) is 11.2 Å². The Kier molecular flexibility index (Phi) is 4.18. The number of rotatable bonds is 4. The third-order valence-corrected chi connectivity index (χ3v) is 3.45. The molecule has 2 rings (SSSR count). The van der Waals surface area contributed by atoms with Gasteiger partial charge < -0.3 is 10.2 Å². The van der Waals surface area contributed by atoms with Crippen LogP contribution >= 0.6 is 0 Å². The third-order valence-electron chi connectivity index (χ3n) is 3.45. The Labute approximate surface area is 115 Å². The minimum Gasteiger partial charge on any atom is -0.479 e. The van der Waals surface area contributed by atoms with E-state index in [1.165, 1.54) is 0 Å². The van der Waals surface area contributed by atoms with Crippen molar-refractivity contribution in [2.45, 2.75) is 37.7 Å². The minimum absolute atomic E-state index is 0.0345. The predicted octanol–water partition coefficient (Wildman–Crippen LogP) is 2.88. The number of carbonyl (C=O) groups is 1. The zero-order valence-electron chi connectivity index (χ0n) is 10.9. The van der Waals surface area contributed by atoms with Crippen LogP contribution in [0, 0.1) is 0 Å². The maximum atomic E-state index is 13.0. The Morgan fingerprint density at radius 1 is 1.30 bits per heavy atom. The first kappa shape index (κ1) is 14.7. The summed E-state index contributed by atoms with van der Waals surface area (Å²) in [6.45, 7) is 0. The average Bonchev–Trinajstić information content (AvgIpc) is 2.39. The number of halogens is 2. The smallest absolute Gasteiger partial charge is 0.332 e. The second-order valence-electron chi connectivity index (χ2n) is 5.04. The summed E-state index contributed by atoms with van der Waals surface area (Å²) in [6, 6.07) is 6.99. The molecule has 0 aromatic heterocycles. The van der Waals surface area contributed by atoms with Gasteiger partial charge in [-0.3, -0.25) is 0 Å². The predicted molar refractivity (Wildman–Crippen MR) is 70.6 cm³/mol. The van der Waals surface area contributed by atoms with Gasteiger partial charge in [0, 0.05) is 19.3 Å². The highest BCUT2D eigenvalue weighted by Crippen LogP contribution is 2.36. The van der Waals surface area contributed by atoms with E-state index in [-0.39, 0.29) is 19.3 Å². The van der Waals surface area contributed by atoms with Gasteiger partial charge in [0.25, 0.3) is 5.92 Å². The lowest BCUT2D eigenvalue weighted by Crippen LogP contribution is -2.21. The number of hydrogen-bond donors (Lipinski definition) is 2. The van der Waals surface area contributed by atoms with Crippen LogP contribution in [0.5, 0.6) is 0 Å². The normalized spacial score (nSPS) is 19.2. The van der Waals surface area contributed by atoms with Crippen LogP contribution < -0.4 is 0 Å². The van der Waals surface area contributed by atoms with E-state index in [2.05, 4.69) is 0 Å². The van der Waals surface area contributed by atoms with Gasteiger partial charge in [-0.2, -0.15) is 0 Å². The minimum atomic E-state index is -2.60. The molecule has 1 atom stereocenters. The molecule has 1 aromatic rings. The number of aliphatic hydroxyl groups is 1. The summed E-state index contributed by atoms with van der Waals surface area (Å²) in [7, 11) is 0. The van der Waals surface area contributed by atoms with Crippen LogP contribution in [-0.4, -0.2) is 28.2 Å². The fourth-order valence-corrected chi connectivity index (χ4v) is 2.22. The van der Waals surface area contributed by atoms with Crippen LogP contribution in [0.3, 0.4) is 0 Å². The van der Waals surface area contributed by atoms with Gasteiger partial charge in [0.1, 0.15) is 0 Å². The highest BCUT2D eigenvalue weighted by molar-refractivity contribution is 5.72. The van der Waals surface area contributed by atoms with E-state index in [9.17, 15) is 18.7 Å².